The van der Waals surface area contributed by atoms with E-state index in [2.05, 4.69) is 0 Å². The van der Waals surface area contributed by atoms with E-state index in [1.807, 2.05) is 18.2 Å². The van der Waals surface area contributed by atoms with Gasteiger partial charge in [-0.2, -0.15) is 0 Å². The van der Waals surface area contributed by atoms with Crippen LogP contribution in [0.3, 0.4) is 0 Å². The first-order chi connectivity index (χ1) is 16.4. The lowest BCUT2D eigenvalue weighted by Crippen LogP contribution is -2.52. The Kier molecular flexibility index (Phi) is 9.15. The van der Waals surface area contributed by atoms with Gasteiger partial charge in [0, 0.05) is 39.2 Å². The summed E-state index contributed by atoms with van der Waals surface area (Å²) in [6.45, 7) is 3.88. The van der Waals surface area contributed by atoms with Crippen molar-refractivity contribution in [3.05, 3.63) is 23.8 Å². The molecule has 2 saturated heterocycles. The van der Waals surface area contributed by atoms with Crippen LogP contribution < -0.4 is 9.47 Å². The summed E-state index contributed by atoms with van der Waals surface area (Å²) in [5, 5.41) is 0. The molecule has 3 rings (SSSR count). The number of methoxy groups -OCH3 is 3. The topological polar surface area (TPSA) is 94.6 Å². The highest BCUT2D eigenvalue weighted by Gasteiger charge is 2.38. The summed E-state index contributed by atoms with van der Waals surface area (Å²) in [4.78, 5) is 42.0. The molecule has 9 nitrogen and oxygen atoms in total. The molecule has 0 spiro atoms. The van der Waals surface area contributed by atoms with Crippen molar-refractivity contribution in [1.82, 2.24) is 9.80 Å². The molecule has 188 valence electrons. The zero-order valence-electron chi connectivity index (χ0n) is 20.6. The maximum absolute atomic E-state index is 13.6. The molecule has 0 aliphatic carbocycles. The van der Waals surface area contributed by atoms with Gasteiger partial charge < -0.3 is 28.7 Å². The number of rotatable bonds is 8. The Labute approximate surface area is 201 Å². The van der Waals surface area contributed by atoms with Gasteiger partial charge in [-0.25, -0.2) is 0 Å². The maximum atomic E-state index is 13.6. The quantitative estimate of drug-likeness (QED) is 0.530. The molecule has 0 saturated carbocycles. The van der Waals surface area contributed by atoms with E-state index in [4.69, 9.17) is 18.9 Å². The Morgan fingerprint density at radius 1 is 0.971 bits per heavy atom. The van der Waals surface area contributed by atoms with E-state index >= 15 is 0 Å². The molecule has 3 atom stereocenters. The summed E-state index contributed by atoms with van der Waals surface area (Å²) < 4.78 is 21.1. The van der Waals surface area contributed by atoms with E-state index < -0.39 is 0 Å². The van der Waals surface area contributed by atoms with Crippen LogP contribution in [0.25, 0.3) is 0 Å². The van der Waals surface area contributed by atoms with Gasteiger partial charge in [-0.3, -0.25) is 14.4 Å². The largest absolute Gasteiger partial charge is 0.493 e. The van der Waals surface area contributed by atoms with Crippen LogP contribution in [-0.4, -0.2) is 88.3 Å². The first-order valence-electron chi connectivity index (χ1n) is 11.9. The fraction of sp³-hybridized carbons (Fsp3) is 0.640. The molecule has 3 unspecified atom stereocenters. The van der Waals surface area contributed by atoms with Crippen LogP contribution in [0.2, 0.25) is 0 Å². The van der Waals surface area contributed by atoms with Gasteiger partial charge in [0.2, 0.25) is 11.8 Å². The highest BCUT2D eigenvalue weighted by molar-refractivity contribution is 5.83. The lowest BCUT2D eigenvalue weighted by Gasteiger charge is -2.40. The van der Waals surface area contributed by atoms with E-state index in [0.717, 1.165) is 18.4 Å². The molecule has 0 radical (unpaired) electrons. The number of hydrogen-bond donors (Lipinski definition) is 0. The van der Waals surface area contributed by atoms with Crippen molar-refractivity contribution in [3.63, 3.8) is 0 Å². The lowest BCUT2D eigenvalue weighted by molar-refractivity contribution is -0.152. The summed E-state index contributed by atoms with van der Waals surface area (Å²) in [5.74, 6) is 0.111. The molecule has 2 fully saturated rings. The molecule has 0 aromatic heterocycles. The third kappa shape index (κ3) is 6.00. The number of piperidine rings is 2. The van der Waals surface area contributed by atoms with Crippen LogP contribution in [0.15, 0.2) is 18.2 Å². The van der Waals surface area contributed by atoms with E-state index in [-0.39, 0.29) is 42.1 Å². The second-order valence-corrected chi connectivity index (χ2v) is 8.85. The molecule has 9 heteroatoms. The molecule has 1 aromatic carbocycles. The number of carbonyl (C=O) groups excluding carboxylic acids is 3. The summed E-state index contributed by atoms with van der Waals surface area (Å²) in [6, 6.07) is 5.71. The Hall–Kier alpha value is -2.81. The highest BCUT2D eigenvalue weighted by Crippen LogP contribution is 2.36. The van der Waals surface area contributed by atoms with E-state index in [1.165, 1.54) is 7.11 Å². The van der Waals surface area contributed by atoms with Crippen molar-refractivity contribution in [2.45, 2.75) is 32.1 Å². The van der Waals surface area contributed by atoms with E-state index in [9.17, 15) is 14.4 Å². The number of hydrogen-bond acceptors (Lipinski definition) is 7. The minimum absolute atomic E-state index is 0.0191. The average molecular weight is 477 g/mol. The van der Waals surface area contributed by atoms with Gasteiger partial charge in [-0.1, -0.05) is 6.07 Å². The molecular formula is C25H36N2O7. The molecule has 2 heterocycles. The molecule has 0 bridgehead atoms. The first kappa shape index (κ1) is 25.8. The fourth-order valence-electron chi connectivity index (χ4n) is 4.93. The lowest BCUT2D eigenvalue weighted by atomic mass is 9.83. The Balaban J connectivity index is 1.81. The number of amides is 2. The normalized spacial score (nSPS) is 22.8. The van der Waals surface area contributed by atoms with Gasteiger partial charge in [0.05, 0.1) is 32.7 Å². The zero-order valence-corrected chi connectivity index (χ0v) is 20.6. The number of likely N-dealkylation sites (tertiary alicyclic amines) is 2. The van der Waals surface area contributed by atoms with Gasteiger partial charge >= 0.3 is 5.97 Å². The van der Waals surface area contributed by atoms with Crippen LogP contribution in [-0.2, 0) is 23.9 Å². The summed E-state index contributed by atoms with van der Waals surface area (Å²) in [6.07, 6.45) is 2.08. The third-order valence-corrected chi connectivity index (χ3v) is 6.65. The van der Waals surface area contributed by atoms with Crippen LogP contribution in [0, 0.1) is 11.8 Å². The van der Waals surface area contributed by atoms with Crippen molar-refractivity contribution < 1.29 is 33.3 Å². The second-order valence-electron chi connectivity index (χ2n) is 8.85. The van der Waals surface area contributed by atoms with E-state index in [0.29, 0.717) is 50.7 Å². The van der Waals surface area contributed by atoms with Crippen molar-refractivity contribution in [3.8, 4) is 11.5 Å². The van der Waals surface area contributed by atoms with Crippen LogP contribution in [0.4, 0.5) is 0 Å². The van der Waals surface area contributed by atoms with Crippen molar-refractivity contribution >= 4 is 17.8 Å². The number of ether oxygens (including phenoxy) is 4. The molecular weight excluding hydrogens is 440 g/mol. The monoisotopic (exact) mass is 476 g/mol. The summed E-state index contributed by atoms with van der Waals surface area (Å²) in [5.41, 5.74) is 0.980. The van der Waals surface area contributed by atoms with Crippen LogP contribution in [0.5, 0.6) is 11.5 Å². The van der Waals surface area contributed by atoms with Crippen LogP contribution in [0.1, 0.15) is 37.7 Å². The minimum atomic E-state index is -0.367. The SMILES string of the molecule is CCOC(=O)C1CCCN(C(=O)C2CC(c3ccc(OC)c(OC)c3)CN(C(=O)COC)C2)C1. The average Bonchev–Trinajstić information content (AvgIpc) is 2.87. The summed E-state index contributed by atoms with van der Waals surface area (Å²) in [7, 11) is 4.65. The Morgan fingerprint density at radius 2 is 1.71 bits per heavy atom. The highest BCUT2D eigenvalue weighted by atomic mass is 16.5. The smallest absolute Gasteiger partial charge is 0.310 e. The molecule has 2 aliphatic heterocycles. The van der Waals surface area contributed by atoms with Gasteiger partial charge in [-0.15, -0.1) is 0 Å². The third-order valence-electron chi connectivity index (χ3n) is 6.65. The number of carbonyl (C=O) groups is 3. The molecule has 0 N–H and O–H groups in total. The Bertz CT molecular complexity index is 875. The van der Waals surface area contributed by atoms with Crippen molar-refractivity contribution in [1.29, 1.82) is 0 Å². The van der Waals surface area contributed by atoms with E-state index in [1.54, 1.807) is 30.9 Å². The van der Waals surface area contributed by atoms with Crippen LogP contribution >= 0.6 is 0 Å². The van der Waals surface area contributed by atoms with Gasteiger partial charge in [0.25, 0.3) is 0 Å². The molecule has 2 amide bonds. The molecule has 2 aliphatic rings. The standard InChI is InChI=1S/C25H36N2O7/c1-5-34-25(30)18-7-6-10-26(13-18)24(29)20-11-19(14-27(15-20)23(28)16-31-2)17-8-9-21(32-3)22(12-17)33-4/h8-9,12,18-20H,5-7,10-11,13-16H2,1-4H3. The Morgan fingerprint density at radius 3 is 2.38 bits per heavy atom. The molecule has 1 aromatic rings. The van der Waals surface area contributed by atoms with Gasteiger partial charge in [0.15, 0.2) is 11.5 Å². The first-order valence-corrected chi connectivity index (χ1v) is 11.9. The fourth-order valence-corrected chi connectivity index (χ4v) is 4.93. The zero-order chi connectivity index (χ0) is 24.7. The predicted molar refractivity (Wildman–Crippen MR) is 125 cm³/mol. The van der Waals surface area contributed by atoms with Gasteiger partial charge in [0.1, 0.15) is 6.61 Å². The maximum Gasteiger partial charge on any atom is 0.310 e. The van der Waals surface area contributed by atoms with Gasteiger partial charge in [-0.05, 0) is 43.9 Å². The second kappa shape index (κ2) is 12.1. The minimum Gasteiger partial charge on any atom is -0.493 e. The van der Waals surface area contributed by atoms with Crippen molar-refractivity contribution in [2.75, 3.05) is 60.7 Å². The number of benzene rings is 1. The number of nitrogens with zero attached hydrogens (tertiary/aromatic N) is 2. The van der Waals surface area contributed by atoms with Crippen molar-refractivity contribution in [2.24, 2.45) is 11.8 Å². The number of esters is 1. The predicted octanol–water partition coefficient (Wildman–Crippen LogP) is 2.08. The molecule has 34 heavy (non-hydrogen) atoms. The summed E-state index contributed by atoms with van der Waals surface area (Å²) >= 11 is 0.